The smallest absolute Gasteiger partial charge is 0.133 e. The molecule has 17 heavy (non-hydrogen) atoms. The Morgan fingerprint density at radius 2 is 1.88 bits per heavy atom. The van der Waals surface area contributed by atoms with Crippen LogP contribution in [0.3, 0.4) is 0 Å². The summed E-state index contributed by atoms with van der Waals surface area (Å²) in [5.74, 6) is 0.932. The Balaban J connectivity index is 1.71. The fourth-order valence-corrected chi connectivity index (χ4v) is 2.32. The van der Waals surface area contributed by atoms with E-state index in [4.69, 9.17) is 4.74 Å². The van der Waals surface area contributed by atoms with Crippen molar-refractivity contribution in [2.75, 3.05) is 46.4 Å². The van der Waals surface area contributed by atoms with Gasteiger partial charge in [0, 0.05) is 32.7 Å². The second-order valence-corrected chi connectivity index (χ2v) is 5.28. The molecule has 4 heteroatoms. The number of benzene rings is 1. The number of ether oxygens (including phenoxy) is 1. The van der Waals surface area contributed by atoms with Crippen molar-refractivity contribution in [3.63, 3.8) is 0 Å². The molecule has 1 saturated heterocycles. The number of para-hydroxylation sites is 1. The molecule has 0 N–H and O–H groups in total. The topological polar surface area (TPSA) is 15.7 Å². The third-order valence-electron chi connectivity index (χ3n) is 3.10. The molecule has 0 aliphatic carbocycles. The molecule has 1 aliphatic heterocycles. The first-order valence-corrected chi connectivity index (χ1v) is 6.83. The summed E-state index contributed by atoms with van der Waals surface area (Å²) in [5, 5.41) is 0. The van der Waals surface area contributed by atoms with Gasteiger partial charge < -0.3 is 9.64 Å². The van der Waals surface area contributed by atoms with Crippen molar-refractivity contribution < 1.29 is 4.74 Å². The minimum atomic E-state index is 0.756. The van der Waals surface area contributed by atoms with Crippen LogP contribution in [0.5, 0.6) is 5.75 Å². The fourth-order valence-electron chi connectivity index (χ4n) is 1.92. The molecule has 1 aromatic rings. The summed E-state index contributed by atoms with van der Waals surface area (Å²) in [6.45, 7) is 6.39. The van der Waals surface area contributed by atoms with Crippen molar-refractivity contribution in [1.29, 1.82) is 0 Å². The van der Waals surface area contributed by atoms with Crippen molar-refractivity contribution >= 4 is 15.9 Å². The highest BCUT2D eigenvalue weighted by molar-refractivity contribution is 9.10. The van der Waals surface area contributed by atoms with Gasteiger partial charge in [-0.3, -0.25) is 4.90 Å². The van der Waals surface area contributed by atoms with Gasteiger partial charge in [0.25, 0.3) is 0 Å². The van der Waals surface area contributed by atoms with Crippen LogP contribution < -0.4 is 4.74 Å². The summed E-state index contributed by atoms with van der Waals surface area (Å²) in [5.41, 5.74) is 0. The van der Waals surface area contributed by atoms with Gasteiger partial charge in [-0.2, -0.15) is 0 Å². The Hall–Kier alpha value is -0.580. The van der Waals surface area contributed by atoms with Crippen molar-refractivity contribution in [3.05, 3.63) is 28.7 Å². The molecular formula is C13H19BrN2O. The molecule has 3 nitrogen and oxygen atoms in total. The zero-order valence-electron chi connectivity index (χ0n) is 10.2. The minimum absolute atomic E-state index is 0.756. The first-order valence-electron chi connectivity index (χ1n) is 6.04. The van der Waals surface area contributed by atoms with Gasteiger partial charge in [-0.15, -0.1) is 0 Å². The number of piperazine rings is 1. The van der Waals surface area contributed by atoms with Gasteiger partial charge in [-0.25, -0.2) is 0 Å². The zero-order valence-corrected chi connectivity index (χ0v) is 11.8. The van der Waals surface area contributed by atoms with E-state index in [0.717, 1.165) is 49.6 Å². The molecule has 0 amide bonds. The SMILES string of the molecule is CN1CCN(CCOc2ccccc2Br)CC1. The molecule has 0 unspecified atom stereocenters. The van der Waals surface area contributed by atoms with Crippen molar-refractivity contribution in [3.8, 4) is 5.75 Å². The number of hydrogen-bond acceptors (Lipinski definition) is 3. The van der Waals surface area contributed by atoms with E-state index in [1.807, 2.05) is 24.3 Å². The lowest BCUT2D eigenvalue weighted by Gasteiger charge is -2.32. The molecule has 0 radical (unpaired) electrons. The number of nitrogens with zero attached hydrogens (tertiary/aromatic N) is 2. The van der Waals surface area contributed by atoms with E-state index in [9.17, 15) is 0 Å². The van der Waals surface area contributed by atoms with Crippen LogP contribution in [0.25, 0.3) is 0 Å². The maximum absolute atomic E-state index is 5.76. The summed E-state index contributed by atoms with van der Waals surface area (Å²) in [6, 6.07) is 7.99. The molecule has 1 aromatic carbocycles. The summed E-state index contributed by atoms with van der Waals surface area (Å²) in [4.78, 5) is 4.82. The third kappa shape index (κ3) is 3.98. The Morgan fingerprint density at radius 3 is 2.59 bits per heavy atom. The van der Waals surface area contributed by atoms with E-state index < -0.39 is 0 Å². The molecule has 2 rings (SSSR count). The van der Waals surface area contributed by atoms with E-state index in [2.05, 4.69) is 32.8 Å². The summed E-state index contributed by atoms with van der Waals surface area (Å²) < 4.78 is 6.79. The highest BCUT2D eigenvalue weighted by Gasteiger charge is 2.13. The summed E-state index contributed by atoms with van der Waals surface area (Å²) in [6.07, 6.45) is 0. The van der Waals surface area contributed by atoms with Crippen LogP contribution >= 0.6 is 15.9 Å². The van der Waals surface area contributed by atoms with E-state index in [1.165, 1.54) is 0 Å². The highest BCUT2D eigenvalue weighted by atomic mass is 79.9. The van der Waals surface area contributed by atoms with Crippen LogP contribution in [0.1, 0.15) is 0 Å². The number of rotatable bonds is 4. The monoisotopic (exact) mass is 298 g/mol. The molecule has 94 valence electrons. The van der Waals surface area contributed by atoms with Crippen LogP contribution in [-0.4, -0.2) is 56.2 Å². The van der Waals surface area contributed by atoms with Crippen LogP contribution in [0.4, 0.5) is 0 Å². The van der Waals surface area contributed by atoms with Gasteiger partial charge in [0.05, 0.1) is 4.47 Å². The standard InChI is InChI=1S/C13H19BrN2O/c1-15-6-8-16(9-7-15)10-11-17-13-5-3-2-4-12(13)14/h2-5H,6-11H2,1H3. The maximum Gasteiger partial charge on any atom is 0.133 e. The molecule has 1 heterocycles. The lowest BCUT2D eigenvalue weighted by Crippen LogP contribution is -2.45. The predicted octanol–water partition coefficient (Wildman–Crippen LogP) is 2.08. The molecule has 0 saturated carbocycles. The Labute approximate surface area is 111 Å². The maximum atomic E-state index is 5.76. The second kappa shape index (κ2) is 6.38. The van der Waals surface area contributed by atoms with E-state index in [1.54, 1.807) is 0 Å². The van der Waals surface area contributed by atoms with Gasteiger partial charge in [-0.1, -0.05) is 12.1 Å². The third-order valence-corrected chi connectivity index (χ3v) is 3.75. The van der Waals surface area contributed by atoms with Crippen molar-refractivity contribution in [1.82, 2.24) is 9.80 Å². The largest absolute Gasteiger partial charge is 0.491 e. The Kier molecular flexibility index (Phi) is 4.83. The zero-order chi connectivity index (χ0) is 12.1. The van der Waals surface area contributed by atoms with Crippen molar-refractivity contribution in [2.45, 2.75) is 0 Å². The van der Waals surface area contributed by atoms with Gasteiger partial charge in [-0.05, 0) is 35.1 Å². The first-order chi connectivity index (χ1) is 8.25. The van der Waals surface area contributed by atoms with Crippen LogP contribution in [0.2, 0.25) is 0 Å². The Bertz CT molecular complexity index is 351. The molecule has 0 spiro atoms. The Morgan fingerprint density at radius 1 is 1.18 bits per heavy atom. The van der Waals surface area contributed by atoms with Gasteiger partial charge in [0.2, 0.25) is 0 Å². The summed E-state index contributed by atoms with van der Waals surface area (Å²) in [7, 11) is 2.18. The van der Waals surface area contributed by atoms with Gasteiger partial charge >= 0.3 is 0 Å². The molecule has 0 aromatic heterocycles. The molecule has 1 aliphatic rings. The number of hydrogen-bond donors (Lipinski definition) is 0. The van der Waals surface area contributed by atoms with E-state index >= 15 is 0 Å². The van der Waals surface area contributed by atoms with Gasteiger partial charge in [0.15, 0.2) is 0 Å². The van der Waals surface area contributed by atoms with Crippen LogP contribution in [0.15, 0.2) is 28.7 Å². The van der Waals surface area contributed by atoms with E-state index in [0.29, 0.717) is 0 Å². The van der Waals surface area contributed by atoms with Gasteiger partial charge in [0.1, 0.15) is 12.4 Å². The average molecular weight is 299 g/mol. The molecule has 0 bridgehead atoms. The quantitative estimate of drug-likeness (QED) is 0.846. The normalized spacial score (nSPS) is 18.2. The lowest BCUT2D eigenvalue weighted by atomic mass is 10.3. The van der Waals surface area contributed by atoms with Crippen LogP contribution in [-0.2, 0) is 0 Å². The minimum Gasteiger partial charge on any atom is -0.491 e. The molecule has 0 atom stereocenters. The van der Waals surface area contributed by atoms with E-state index in [-0.39, 0.29) is 0 Å². The highest BCUT2D eigenvalue weighted by Crippen LogP contribution is 2.23. The number of halogens is 1. The van der Waals surface area contributed by atoms with Crippen molar-refractivity contribution in [2.24, 2.45) is 0 Å². The molecule has 1 fully saturated rings. The fraction of sp³-hybridized carbons (Fsp3) is 0.538. The molecular weight excluding hydrogens is 280 g/mol. The predicted molar refractivity (Wildman–Crippen MR) is 73.6 cm³/mol. The average Bonchev–Trinajstić information content (AvgIpc) is 2.34. The van der Waals surface area contributed by atoms with Crippen LogP contribution in [0, 0.1) is 0 Å². The second-order valence-electron chi connectivity index (χ2n) is 4.42. The lowest BCUT2D eigenvalue weighted by molar-refractivity contribution is 0.133. The first kappa shape index (κ1) is 12.9. The number of likely N-dealkylation sites (N-methyl/N-ethyl adjacent to an activating group) is 1. The summed E-state index contributed by atoms with van der Waals surface area (Å²) >= 11 is 3.49.